The fraction of sp³-hybridized carbons (Fsp3) is 0.571. The van der Waals surface area contributed by atoms with Gasteiger partial charge in [0.25, 0.3) is 5.96 Å². The zero-order valence-electron chi connectivity index (χ0n) is 13.2. The topological polar surface area (TPSA) is 84.1 Å². The maximum Gasteiger partial charge on any atom is 0.276 e. The van der Waals surface area contributed by atoms with Gasteiger partial charge < -0.3 is 14.5 Å². The second-order valence-electron chi connectivity index (χ2n) is 5.06. The van der Waals surface area contributed by atoms with Crippen molar-refractivity contribution in [3.05, 3.63) is 39.2 Å². The summed E-state index contributed by atoms with van der Waals surface area (Å²) in [6.07, 6.45) is 2.17. The molecular weight excluding hydrogens is 322 g/mol. The molecule has 1 aliphatic heterocycles. The number of guanidine groups is 1. The molecule has 0 aliphatic carbocycles. The minimum atomic E-state index is -0.667. The van der Waals surface area contributed by atoms with E-state index in [9.17, 15) is 10.1 Å². The van der Waals surface area contributed by atoms with E-state index >= 15 is 0 Å². The van der Waals surface area contributed by atoms with Crippen molar-refractivity contribution in [3.8, 4) is 0 Å². The summed E-state index contributed by atoms with van der Waals surface area (Å²) >= 11 is 5.78. The molecule has 126 valence electrons. The van der Waals surface area contributed by atoms with Gasteiger partial charge in [0.05, 0.1) is 0 Å². The Balaban J connectivity index is 2.19. The third-order valence-corrected chi connectivity index (χ3v) is 3.76. The third kappa shape index (κ3) is 4.52. The van der Waals surface area contributed by atoms with Crippen molar-refractivity contribution in [1.82, 2.24) is 14.8 Å². The van der Waals surface area contributed by atoms with Crippen molar-refractivity contribution in [1.29, 1.82) is 0 Å². The Hall–Kier alpha value is -1.93. The molecule has 0 saturated carbocycles. The van der Waals surface area contributed by atoms with E-state index in [0.717, 1.165) is 12.0 Å². The number of aromatic nitrogens is 1. The molecule has 0 spiro atoms. The van der Waals surface area contributed by atoms with Gasteiger partial charge in [0.2, 0.25) is 0 Å². The quantitative estimate of drug-likeness (QED) is 0.429. The Bertz CT molecular complexity index is 566. The average Bonchev–Trinajstić information content (AvgIpc) is 2.89. The standard InChI is InChI=1S/C14H20ClN5O3/c1-3-13(23-4-2)19-8-7-18(14(19)17-20(21)22)10-11-5-6-12(15)16-9-11/h5-6,9,13H,3-4,7-8,10H2,1-2H3. The van der Waals surface area contributed by atoms with Crippen LogP contribution in [0.25, 0.3) is 0 Å². The monoisotopic (exact) mass is 341 g/mol. The van der Waals surface area contributed by atoms with Crippen LogP contribution < -0.4 is 0 Å². The van der Waals surface area contributed by atoms with Gasteiger partial charge in [0.1, 0.15) is 16.5 Å². The summed E-state index contributed by atoms with van der Waals surface area (Å²) < 4.78 is 5.67. The Morgan fingerprint density at radius 3 is 2.83 bits per heavy atom. The molecule has 1 aliphatic rings. The van der Waals surface area contributed by atoms with Gasteiger partial charge in [-0.05, 0) is 25.0 Å². The van der Waals surface area contributed by atoms with Gasteiger partial charge in [-0.1, -0.05) is 24.6 Å². The molecule has 1 aromatic rings. The second kappa shape index (κ2) is 8.07. The molecule has 2 heterocycles. The maximum atomic E-state index is 10.9. The second-order valence-corrected chi connectivity index (χ2v) is 5.45. The molecular formula is C14H20ClN5O3. The highest BCUT2D eigenvalue weighted by molar-refractivity contribution is 6.29. The van der Waals surface area contributed by atoms with E-state index in [1.165, 1.54) is 0 Å². The summed E-state index contributed by atoms with van der Waals surface area (Å²) in [6, 6.07) is 3.55. The van der Waals surface area contributed by atoms with E-state index in [4.69, 9.17) is 16.3 Å². The smallest absolute Gasteiger partial charge is 0.276 e. The van der Waals surface area contributed by atoms with Crippen LogP contribution in [-0.4, -0.2) is 51.7 Å². The Morgan fingerprint density at radius 2 is 2.26 bits per heavy atom. The van der Waals surface area contributed by atoms with Crippen molar-refractivity contribution in [2.45, 2.75) is 33.0 Å². The van der Waals surface area contributed by atoms with Crippen LogP contribution in [0.15, 0.2) is 23.4 Å². The molecule has 1 aromatic heterocycles. The Kier molecular flexibility index (Phi) is 6.12. The lowest BCUT2D eigenvalue weighted by Gasteiger charge is -2.28. The lowest BCUT2D eigenvalue weighted by atomic mass is 10.3. The number of halogens is 1. The summed E-state index contributed by atoms with van der Waals surface area (Å²) in [5.74, 6) is 0.324. The minimum Gasteiger partial charge on any atom is -0.359 e. The van der Waals surface area contributed by atoms with E-state index < -0.39 is 5.03 Å². The van der Waals surface area contributed by atoms with Gasteiger partial charge in [0.15, 0.2) is 5.03 Å². The molecule has 23 heavy (non-hydrogen) atoms. The van der Waals surface area contributed by atoms with Gasteiger partial charge in [0, 0.05) is 32.4 Å². The van der Waals surface area contributed by atoms with Crippen LogP contribution in [-0.2, 0) is 11.3 Å². The molecule has 1 unspecified atom stereocenters. The normalized spacial score (nSPS) is 17.8. The van der Waals surface area contributed by atoms with Crippen LogP contribution in [0.5, 0.6) is 0 Å². The summed E-state index contributed by atoms with van der Waals surface area (Å²) in [4.78, 5) is 18.6. The maximum absolute atomic E-state index is 10.9. The lowest BCUT2D eigenvalue weighted by molar-refractivity contribution is -0.486. The average molecular weight is 342 g/mol. The summed E-state index contributed by atoms with van der Waals surface area (Å²) in [7, 11) is 0. The number of hydrogen-bond donors (Lipinski definition) is 0. The fourth-order valence-electron chi connectivity index (χ4n) is 2.57. The molecule has 8 nitrogen and oxygen atoms in total. The zero-order chi connectivity index (χ0) is 16.8. The van der Waals surface area contributed by atoms with Gasteiger partial charge in [-0.15, -0.1) is 0 Å². The number of hydrogen-bond acceptors (Lipinski definition) is 4. The summed E-state index contributed by atoms with van der Waals surface area (Å²) in [6.45, 7) is 6.18. The van der Waals surface area contributed by atoms with Gasteiger partial charge in [-0.2, -0.15) is 0 Å². The van der Waals surface area contributed by atoms with Crippen LogP contribution in [0.4, 0.5) is 0 Å². The number of ether oxygens (including phenoxy) is 1. The van der Waals surface area contributed by atoms with Crippen LogP contribution in [0.3, 0.4) is 0 Å². The predicted octanol–water partition coefficient (Wildman–Crippen LogP) is 2.17. The first-order valence-corrected chi connectivity index (χ1v) is 7.89. The molecule has 1 saturated heterocycles. The van der Waals surface area contributed by atoms with Gasteiger partial charge in [-0.25, -0.2) is 15.1 Å². The summed E-state index contributed by atoms with van der Waals surface area (Å²) in [5.41, 5.74) is 0.914. The highest BCUT2D eigenvalue weighted by Gasteiger charge is 2.34. The molecule has 0 radical (unpaired) electrons. The van der Waals surface area contributed by atoms with Gasteiger partial charge >= 0.3 is 0 Å². The minimum absolute atomic E-state index is 0.216. The van der Waals surface area contributed by atoms with Crippen LogP contribution in [0.1, 0.15) is 25.8 Å². The summed E-state index contributed by atoms with van der Waals surface area (Å²) in [5, 5.41) is 14.2. The largest absolute Gasteiger partial charge is 0.359 e. The van der Waals surface area contributed by atoms with E-state index in [1.54, 1.807) is 12.3 Å². The molecule has 9 heteroatoms. The first-order valence-electron chi connectivity index (χ1n) is 7.51. The molecule has 1 fully saturated rings. The molecule has 0 bridgehead atoms. The van der Waals surface area contributed by atoms with Crippen molar-refractivity contribution < 1.29 is 9.77 Å². The number of nitrogens with zero attached hydrogens (tertiary/aromatic N) is 5. The van der Waals surface area contributed by atoms with Crippen molar-refractivity contribution in [2.75, 3.05) is 19.7 Å². The van der Waals surface area contributed by atoms with Gasteiger partial charge in [-0.3, -0.25) is 0 Å². The van der Waals surface area contributed by atoms with Crippen molar-refractivity contribution in [2.24, 2.45) is 5.10 Å². The molecule has 2 rings (SSSR count). The van der Waals surface area contributed by atoms with Crippen LogP contribution in [0.2, 0.25) is 5.15 Å². The molecule has 1 atom stereocenters. The van der Waals surface area contributed by atoms with E-state index in [2.05, 4.69) is 10.1 Å². The zero-order valence-corrected chi connectivity index (χ0v) is 13.9. The first-order chi connectivity index (χ1) is 11.0. The van der Waals surface area contributed by atoms with Crippen molar-refractivity contribution >= 4 is 17.6 Å². The highest BCUT2D eigenvalue weighted by Crippen LogP contribution is 2.19. The number of rotatable bonds is 7. The fourth-order valence-corrected chi connectivity index (χ4v) is 2.68. The van der Waals surface area contributed by atoms with E-state index in [0.29, 0.717) is 37.4 Å². The van der Waals surface area contributed by atoms with Crippen molar-refractivity contribution in [3.63, 3.8) is 0 Å². The van der Waals surface area contributed by atoms with E-state index in [1.807, 2.05) is 29.7 Å². The number of nitro groups is 1. The SMILES string of the molecule is CCOC(CC)N1CCN(Cc2ccc(Cl)nc2)C1=N[N+](=O)[O-]. The highest BCUT2D eigenvalue weighted by atomic mass is 35.5. The molecule has 0 aromatic carbocycles. The lowest BCUT2D eigenvalue weighted by Crippen LogP contribution is -2.42. The Labute approximate surface area is 139 Å². The molecule has 0 amide bonds. The predicted molar refractivity (Wildman–Crippen MR) is 86.5 cm³/mol. The third-order valence-electron chi connectivity index (χ3n) is 3.54. The van der Waals surface area contributed by atoms with E-state index in [-0.39, 0.29) is 6.23 Å². The van der Waals surface area contributed by atoms with Crippen LogP contribution >= 0.6 is 11.6 Å². The number of hydrazone groups is 1. The number of pyridine rings is 1. The van der Waals surface area contributed by atoms with Crippen LogP contribution in [0, 0.1) is 10.1 Å². The molecule has 0 N–H and O–H groups in total. The Morgan fingerprint density at radius 1 is 1.48 bits per heavy atom. The first kappa shape index (κ1) is 17.4.